The Labute approximate surface area is 224 Å². The SMILES string of the molecule is COCCN(C)c1cc(C)nc(Nc2cc3c(c(C4=CCN(C(=O)OC(C)(C)C)CCC4)c2F)OCC3)n1. The molecule has 10 heteroatoms. The average Bonchev–Trinajstić information content (AvgIpc) is 3.16. The minimum absolute atomic E-state index is 0.300. The van der Waals surface area contributed by atoms with Gasteiger partial charge in [0.1, 0.15) is 17.2 Å². The van der Waals surface area contributed by atoms with Gasteiger partial charge in [-0.3, -0.25) is 0 Å². The molecule has 0 fully saturated rings. The number of carbonyl (C=O) groups excluding carboxylic acids is 1. The maximum Gasteiger partial charge on any atom is 0.410 e. The highest BCUT2D eigenvalue weighted by atomic mass is 19.1. The van der Waals surface area contributed by atoms with Crippen molar-refractivity contribution < 1.29 is 23.4 Å². The fourth-order valence-electron chi connectivity index (χ4n) is 4.55. The number of nitrogens with one attached hydrogen (secondary N) is 1. The largest absolute Gasteiger partial charge is 0.492 e. The van der Waals surface area contributed by atoms with E-state index in [-0.39, 0.29) is 6.09 Å². The molecule has 0 atom stereocenters. The molecule has 0 radical (unpaired) electrons. The highest BCUT2D eigenvalue weighted by Crippen LogP contribution is 2.42. The van der Waals surface area contributed by atoms with E-state index in [0.717, 1.165) is 22.6 Å². The Morgan fingerprint density at radius 3 is 2.79 bits per heavy atom. The number of allylic oxidation sites excluding steroid dienone is 1. The quantitative estimate of drug-likeness (QED) is 0.532. The molecule has 9 nitrogen and oxygen atoms in total. The van der Waals surface area contributed by atoms with Crippen LogP contribution < -0.4 is 15.0 Å². The van der Waals surface area contributed by atoms with Crippen molar-refractivity contribution in [2.75, 3.05) is 57.2 Å². The molecule has 1 N–H and O–H groups in total. The van der Waals surface area contributed by atoms with Crippen molar-refractivity contribution in [2.24, 2.45) is 0 Å². The van der Waals surface area contributed by atoms with Crippen molar-refractivity contribution in [3.05, 3.63) is 40.8 Å². The van der Waals surface area contributed by atoms with E-state index in [2.05, 4.69) is 15.3 Å². The third kappa shape index (κ3) is 6.53. The van der Waals surface area contributed by atoms with E-state index < -0.39 is 11.4 Å². The Balaban J connectivity index is 1.64. The number of fused-ring (bicyclic) bond motifs is 1. The van der Waals surface area contributed by atoms with E-state index in [1.165, 1.54) is 0 Å². The van der Waals surface area contributed by atoms with Crippen LogP contribution in [0.5, 0.6) is 5.75 Å². The van der Waals surface area contributed by atoms with Crippen LogP contribution in [-0.4, -0.2) is 73.6 Å². The third-order valence-electron chi connectivity index (χ3n) is 6.43. The number of aromatic nitrogens is 2. The van der Waals surface area contributed by atoms with Gasteiger partial charge in [0.25, 0.3) is 0 Å². The van der Waals surface area contributed by atoms with Gasteiger partial charge in [-0.15, -0.1) is 0 Å². The van der Waals surface area contributed by atoms with Crippen LogP contribution in [0, 0.1) is 12.7 Å². The molecule has 0 bridgehead atoms. The smallest absolute Gasteiger partial charge is 0.410 e. The summed E-state index contributed by atoms with van der Waals surface area (Å²) < 4.78 is 32.8. The maximum absolute atomic E-state index is 16.2. The van der Waals surface area contributed by atoms with E-state index in [0.29, 0.717) is 75.1 Å². The summed E-state index contributed by atoms with van der Waals surface area (Å²) in [6, 6.07) is 3.66. The molecule has 1 aromatic heterocycles. The molecule has 0 unspecified atom stereocenters. The molecule has 0 saturated heterocycles. The second-order valence-corrected chi connectivity index (χ2v) is 10.7. The summed E-state index contributed by atoms with van der Waals surface area (Å²) in [5.74, 6) is 1.20. The van der Waals surface area contributed by atoms with Gasteiger partial charge in [0, 0.05) is 57.5 Å². The van der Waals surface area contributed by atoms with E-state index in [1.807, 2.05) is 51.8 Å². The number of hydrogen-bond acceptors (Lipinski definition) is 8. The summed E-state index contributed by atoms with van der Waals surface area (Å²) in [7, 11) is 3.58. The van der Waals surface area contributed by atoms with Gasteiger partial charge in [-0.25, -0.2) is 14.2 Å². The van der Waals surface area contributed by atoms with Crippen molar-refractivity contribution in [2.45, 2.75) is 52.6 Å². The third-order valence-corrected chi connectivity index (χ3v) is 6.43. The minimum atomic E-state index is -0.576. The van der Waals surface area contributed by atoms with Crippen LogP contribution in [0.15, 0.2) is 18.2 Å². The van der Waals surface area contributed by atoms with E-state index in [4.69, 9.17) is 14.2 Å². The summed E-state index contributed by atoms with van der Waals surface area (Å²) in [4.78, 5) is 25.3. The van der Waals surface area contributed by atoms with Gasteiger partial charge in [-0.2, -0.15) is 4.98 Å². The van der Waals surface area contributed by atoms with Gasteiger partial charge in [-0.05, 0) is 52.2 Å². The van der Waals surface area contributed by atoms with Gasteiger partial charge in [0.05, 0.1) is 24.5 Å². The van der Waals surface area contributed by atoms with Gasteiger partial charge in [0.15, 0.2) is 5.82 Å². The van der Waals surface area contributed by atoms with Crippen LogP contribution in [-0.2, 0) is 15.9 Å². The van der Waals surface area contributed by atoms with E-state index in [1.54, 1.807) is 18.1 Å². The first kappa shape index (κ1) is 27.6. The Hall–Kier alpha value is -3.40. The number of ether oxygens (including phenoxy) is 3. The van der Waals surface area contributed by atoms with Crippen LogP contribution in [0.4, 0.5) is 26.6 Å². The number of benzene rings is 1. The number of nitrogens with zero attached hydrogens (tertiary/aromatic N) is 4. The molecule has 3 heterocycles. The molecule has 38 heavy (non-hydrogen) atoms. The Morgan fingerprint density at radius 1 is 1.26 bits per heavy atom. The van der Waals surface area contributed by atoms with Crippen molar-refractivity contribution in [1.82, 2.24) is 14.9 Å². The van der Waals surface area contributed by atoms with Gasteiger partial charge in [0.2, 0.25) is 5.95 Å². The van der Waals surface area contributed by atoms with Gasteiger partial charge < -0.3 is 29.3 Å². The maximum atomic E-state index is 16.2. The molecule has 2 aliphatic rings. The molecule has 0 saturated carbocycles. The number of anilines is 3. The zero-order valence-corrected chi connectivity index (χ0v) is 23.2. The van der Waals surface area contributed by atoms with Gasteiger partial charge >= 0.3 is 6.09 Å². The molecule has 1 aromatic carbocycles. The fourth-order valence-corrected chi connectivity index (χ4v) is 4.55. The molecule has 2 aromatic rings. The fraction of sp³-hybridized carbons (Fsp3) is 0.536. The number of hydrogen-bond donors (Lipinski definition) is 1. The number of carbonyl (C=O) groups is 1. The molecular formula is C28H38FN5O4. The number of rotatable bonds is 7. The number of aryl methyl sites for hydroxylation is 1. The molecule has 206 valence electrons. The van der Waals surface area contributed by atoms with Crippen LogP contribution in [0.2, 0.25) is 0 Å². The summed E-state index contributed by atoms with van der Waals surface area (Å²) in [5.41, 5.74) is 2.69. The first-order valence-corrected chi connectivity index (χ1v) is 13.0. The molecule has 4 rings (SSSR count). The van der Waals surface area contributed by atoms with Crippen molar-refractivity contribution >= 4 is 29.1 Å². The lowest BCUT2D eigenvalue weighted by Gasteiger charge is -2.25. The van der Waals surface area contributed by atoms with Crippen LogP contribution >= 0.6 is 0 Å². The summed E-state index contributed by atoms with van der Waals surface area (Å²) in [6.07, 6.45) is 3.54. The highest BCUT2D eigenvalue weighted by Gasteiger charge is 2.28. The molecule has 0 aliphatic carbocycles. The summed E-state index contributed by atoms with van der Waals surface area (Å²) >= 11 is 0. The lowest BCUT2D eigenvalue weighted by molar-refractivity contribution is 0.0273. The molecule has 1 amide bonds. The number of halogens is 1. The Kier molecular flexibility index (Phi) is 8.40. The first-order chi connectivity index (χ1) is 18.1. The lowest BCUT2D eigenvalue weighted by atomic mass is 9.96. The van der Waals surface area contributed by atoms with Crippen molar-refractivity contribution in [1.29, 1.82) is 0 Å². The number of amides is 1. The summed E-state index contributed by atoms with van der Waals surface area (Å²) in [5, 5.41) is 3.12. The first-order valence-electron chi connectivity index (χ1n) is 13.0. The topological polar surface area (TPSA) is 89.1 Å². The second kappa shape index (κ2) is 11.6. The highest BCUT2D eigenvalue weighted by molar-refractivity contribution is 5.79. The number of methoxy groups -OCH3 is 1. The predicted molar refractivity (Wildman–Crippen MR) is 146 cm³/mol. The molecular weight excluding hydrogens is 489 g/mol. The summed E-state index contributed by atoms with van der Waals surface area (Å²) in [6.45, 7) is 10.0. The van der Waals surface area contributed by atoms with Crippen LogP contribution in [0.3, 0.4) is 0 Å². The monoisotopic (exact) mass is 527 g/mol. The minimum Gasteiger partial charge on any atom is -0.492 e. The molecule has 0 spiro atoms. The normalized spacial score (nSPS) is 15.3. The van der Waals surface area contributed by atoms with Crippen molar-refractivity contribution in [3.63, 3.8) is 0 Å². The lowest BCUT2D eigenvalue weighted by Crippen LogP contribution is -2.37. The van der Waals surface area contributed by atoms with E-state index >= 15 is 4.39 Å². The predicted octanol–water partition coefficient (Wildman–Crippen LogP) is 5.10. The van der Waals surface area contributed by atoms with E-state index in [9.17, 15) is 4.79 Å². The van der Waals surface area contributed by atoms with Gasteiger partial charge in [-0.1, -0.05) is 6.08 Å². The second-order valence-electron chi connectivity index (χ2n) is 10.7. The van der Waals surface area contributed by atoms with Crippen molar-refractivity contribution in [3.8, 4) is 5.75 Å². The Morgan fingerprint density at radius 2 is 2.05 bits per heavy atom. The zero-order chi connectivity index (χ0) is 27.4. The average molecular weight is 528 g/mol. The standard InChI is InChI=1S/C28H38FN5O4/c1-18-16-22(33(5)13-15-36-6)32-26(30-18)31-21-17-20-10-14-37-25(20)23(24(21)29)19-8-7-11-34(12-9-19)27(35)38-28(2,3)4/h9,16-17H,7-8,10-15H2,1-6H3,(H,30,31,32). The zero-order valence-electron chi connectivity index (χ0n) is 23.2. The van der Waals surface area contributed by atoms with Crippen LogP contribution in [0.1, 0.15) is 50.4 Å². The molecule has 2 aliphatic heterocycles. The number of likely N-dealkylation sites (N-methyl/N-ethyl adjacent to an activating group) is 1. The van der Waals surface area contributed by atoms with Crippen LogP contribution in [0.25, 0.3) is 5.57 Å². The Bertz CT molecular complexity index is 1210.